The Morgan fingerprint density at radius 2 is 2.09 bits per heavy atom. The normalized spacial score (nSPS) is 21.1. The second kappa shape index (κ2) is 7.84. The fourth-order valence-corrected chi connectivity index (χ4v) is 3.39. The second-order valence-electron chi connectivity index (χ2n) is 6.48. The van der Waals surface area contributed by atoms with Crippen molar-refractivity contribution in [2.45, 2.75) is 37.1 Å². The van der Waals surface area contributed by atoms with Crippen LogP contribution in [-0.4, -0.2) is 31.7 Å². The summed E-state index contributed by atoms with van der Waals surface area (Å²) in [6.45, 7) is 2.05. The molecule has 1 atom stereocenters. The highest BCUT2D eigenvalue weighted by Gasteiger charge is 2.44. The Kier molecular flexibility index (Phi) is 6.32. The number of carbonyl (C=O) groups excluding carboxylic acids is 1. The number of rotatable bonds is 5. The van der Waals surface area contributed by atoms with E-state index in [1.54, 1.807) is 0 Å². The largest absolute Gasteiger partial charge is 0.381 e. The third kappa shape index (κ3) is 4.38. The molecule has 1 aliphatic carbocycles. The highest BCUT2D eigenvalue weighted by Crippen LogP contribution is 2.48. The summed E-state index contributed by atoms with van der Waals surface area (Å²) in [6, 6.07) is 7.50. The number of hydrogen-bond acceptors (Lipinski definition) is 3. The van der Waals surface area contributed by atoms with Crippen molar-refractivity contribution in [3.63, 3.8) is 0 Å². The summed E-state index contributed by atoms with van der Waals surface area (Å²) in [7, 11) is 0. The van der Waals surface area contributed by atoms with E-state index < -0.39 is 6.04 Å². The van der Waals surface area contributed by atoms with Crippen molar-refractivity contribution < 1.29 is 9.53 Å². The molecule has 1 saturated carbocycles. The molecule has 1 aromatic rings. The van der Waals surface area contributed by atoms with Crippen molar-refractivity contribution in [3.05, 3.63) is 34.9 Å². The predicted molar refractivity (Wildman–Crippen MR) is 94.1 cm³/mol. The van der Waals surface area contributed by atoms with E-state index in [0.29, 0.717) is 19.8 Å². The molecule has 0 bridgehead atoms. The van der Waals surface area contributed by atoms with Gasteiger partial charge in [0.25, 0.3) is 0 Å². The molecule has 1 aromatic carbocycles. The lowest BCUT2D eigenvalue weighted by Crippen LogP contribution is -2.48. The number of hydrogen-bond donors (Lipinski definition) is 2. The summed E-state index contributed by atoms with van der Waals surface area (Å²) < 4.78 is 5.32. The standard InChI is InChI=1S/C17H23ClN2O2.ClH/c18-14-3-1-2-13(10-14)17(6-7-17)11-20-16(21)15(19)12-4-8-22-9-5-12;/h1-3,10,12,15H,4-9,11,19H2,(H,20,21);1H. The first kappa shape index (κ1) is 18.5. The average Bonchev–Trinajstić information content (AvgIpc) is 3.34. The van der Waals surface area contributed by atoms with Crippen LogP contribution in [0.1, 0.15) is 31.2 Å². The Morgan fingerprint density at radius 1 is 1.39 bits per heavy atom. The van der Waals surface area contributed by atoms with Gasteiger partial charge in [-0.15, -0.1) is 12.4 Å². The summed E-state index contributed by atoms with van der Waals surface area (Å²) in [4.78, 5) is 12.3. The molecule has 3 rings (SSSR count). The van der Waals surface area contributed by atoms with Gasteiger partial charge in [0.1, 0.15) is 0 Å². The van der Waals surface area contributed by atoms with Crippen LogP contribution in [0, 0.1) is 5.92 Å². The lowest BCUT2D eigenvalue weighted by Gasteiger charge is -2.27. The predicted octanol–water partition coefficient (Wildman–Crippen LogP) is 2.66. The van der Waals surface area contributed by atoms with Gasteiger partial charge in [0, 0.05) is 30.2 Å². The van der Waals surface area contributed by atoms with Crippen molar-refractivity contribution in [3.8, 4) is 0 Å². The third-order valence-electron chi connectivity index (χ3n) is 4.97. The van der Waals surface area contributed by atoms with E-state index in [-0.39, 0.29) is 29.6 Å². The molecule has 0 aromatic heterocycles. The van der Waals surface area contributed by atoms with Crippen molar-refractivity contribution in [1.29, 1.82) is 0 Å². The molecule has 2 aliphatic rings. The molecule has 1 aliphatic heterocycles. The average molecular weight is 359 g/mol. The van der Waals surface area contributed by atoms with E-state index in [1.165, 1.54) is 5.56 Å². The van der Waals surface area contributed by atoms with Crippen molar-refractivity contribution in [2.75, 3.05) is 19.8 Å². The van der Waals surface area contributed by atoms with Crippen molar-refractivity contribution in [1.82, 2.24) is 5.32 Å². The van der Waals surface area contributed by atoms with Crippen molar-refractivity contribution in [2.24, 2.45) is 11.7 Å². The van der Waals surface area contributed by atoms with E-state index in [2.05, 4.69) is 11.4 Å². The molecule has 3 N–H and O–H groups in total. The molecule has 6 heteroatoms. The molecule has 0 spiro atoms. The molecule has 1 amide bonds. The van der Waals surface area contributed by atoms with Gasteiger partial charge in [0.15, 0.2) is 0 Å². The summed E-state index contributed by atoms with van der Waals surface area (Å²) in [5.74, 6) is 0.190. The second-order valence-corrected chi connectivity index (χ2v) is 6.92. The molecule has 0 radical (unpaired) electrons. The van der Waals surface area contributed by atoms with Crippen LogP contribution in [0.5, 0.6) is 0 Å². The van der Waals surface area contributed by atoms with Gasteiger partial charge in [-0.2, -0.15) is 0 Å². The van der Waals surface area contributed by atoms with E-state index in [4.69, 9.17) is 22.1 Å². The molecular weight excluding hydrogens is 335 g/mol. The van der Waals surface area contributed by atoms with Crippen LogP contribution >= 0.6 is 24.0 Å². The maximum Gasteiger partial charge on any atom is 0.237 e. The number of nitrogens with two attached hydrogens (primary N) is 1. The zero-order valence-electron chi connectivity index (χ0n) is 13.1. The van der Waals surface area contributed by atoms with Gasteiger partial charge in [0.05, 0.1) is 6.04 Å². The van der Waals surface area contributed by atoms with Crippen molar-refractivity contribution >= 4 is 29.9 Å². The van der Waals surface area contributed by atoms with E-state index >= 15 is 0 Å². The molecule has 128 valence electrons. The molecule has 1 saturated heterocycles. The number of carbonyl (C=O) groups is 1. The Balaban J connectivity index is 0.00000192. The number of ether oxygens (including phenoxy) is 1. The van der Waals surface area contributed by atoms with Gasteiger partial charge >= 0.3 is 0 Å². The Bertz CT molecular complexity index is 543. The monoisotopic (exact) mass is 358 g/mol. The Hall–Kier alpha value is -0.810. The smallest absolute Gasteiger partial charge is 0.237 e. The zero-order chi connectivity index (χ0) is 15.6. The van der Waals surface area contributed by atoms with Gasteiger partial charge < -0.3 is 15.8 Å². The minimum Gasteiger partial charge on any atom is -0.381 e. The highest BCUT2D eigenvalue weighted by molar-refractivity contribution is 6.30. The maximum atomic E-state index is 12.3. The third-order valence-corrected chi connectivity index (χ3v) is 5.20. The molecular formula is C17H24Cl2N2O2. The number of amides is 1. The SMILES string of the molecule is Cl.NC(C(=O)NCC1(c2cccc(Cl)c2)CC1)C1CCOCC1. The summed E-state index contributed by atoms with van der Waals surface area (Å²) in [5.41, 5.74) is 7.38. The lowest BCUT2D eigenvalue weighted by molar-refractivity contribution is -0.124. The molecule has 2 fully saturated rings. The fourth-order valence-electron chi connectivity index (χ4n) is 3.20. The highest BCUT2D eigenvalue weighted by atomic mass is 35.5. The molecule has 23 heavy (non-hydrogen) atoms. The van der Waals surface area contributed by atoms with Crippen LogP contribution in [-0.2, 0) is 14.9 Å². The van der Waals surface area contributed by atoms with Crippen LogP contribution in [0.15, 0.2) is 24.3 Å². The summed E-state index contributed by atoms with van der Waals surface area (Å²) >= 11 is 6.07. The number of halogens is 2. The molecule has 1 heterocycles. The number of benzene rings is 1. The van der Waals surface area contributed by atoms with Crippen LogP contribution in [0.2, 0.25) is 5.02 Å². The Labute approximate surface area is 148 Å². The minimum atomic E-state index is -0.431. The van der Waals surface area contributed by atoms with Gasteiger partial charge in [-0.3, -0.25) is 4.79 Å². The first-order valence-electron chi connectivity index (χ1n) is 7.98. The molecule has 1 unspecified atom stereocenters. The van der Waals surface area contributed by atoms with Crippen LogP contribution in [0.25, 0.3) is 0 Å². The number of nitrogens with one attached hydrogen (secondary N) is 1. The van der Waals surface area contributed by atoms with E-state index in [1.807, 2.05) is 18.2 Å². The quantitative estimate of drug-likeness (QED) is 0.850. The zero-order valence-corrected chi connectivity index (χ0v) is 14.7. The topological polar surface area (TPSA) is 64.4 Å². The van der Waals surface area contributed by atoms with Crippen LogP contribution in [0.4, 0.5) is 0 Å². The van der Waals surface area contributed by atoms with Gasteiger partial charge in [-0.05, 0) is 49.3 Å². The van der Waals surface area contributed by atoms with Gasteiger partial charge in [0.2, 0.25) is 5.91 Å². The van der Waals surface area contributed by atoms with Crippen LogP contribution in [0.3, 0.4) is 0 Å². The summed E-state index contributed by atoms with van der Waals surface area (Å²) in [5, 5.41) is 3.80. The summed E-state index contributed by atoms with van der Waals surface area (Å²) in [6.07, 6.45) is 3.91. The lowest BCUT2D eigenvalue weighted by atomic mass is 9.91. The van der Waals surface area contributed by atoms with E-state index in [0.717, 1.165) is 30.7 Å². The van der Waals surface area contributed by atoms with Gasteiger partial charge in [-0.25, -0.2) is 0 Å². The first-order valence-corrected chi connectivity index (χ1v) is 8.36. The molecule has 4 nitrogen and oxygen atoms in total. The fraction of sp³-hybridized carbons (Fsp3) is 0.588. The maximum absolute atomic E-state index is 12.3. The first-order chi connectivity index (χ1) is 10.6. The Morgan fingerprint density at radius 3 is 2.70 bits per heavy atom. The van der Waals surface area contributed by atoms with Crippen LogP contribution < -0.4 is 11.1 Å². The minimum absolute atomic E-state index is 0. The van der Waals surface area contributed by atoms with Gasteiger partial charge in [-0.1, -0.05) is 23.7 Å². The van der Waals surface area contributed by atoms with E-state index in [9.17, 15) is 4.79 Å².